The van der Waals surface area contributed by atoms with Crippen LogP contribution in [0.4, 0.5) is 0 Å². The van der Waals surface area contributed by atoms with Crippen molar-refractivity contribution >= 4 is 11.9 Å². The van der Waals surface area contributed by atoms with Gasteiger partial charge in [-0.2, -0.15) is 0 Å². The van der Waals surface area contributed by atoms with E-state index in [1.807, 2.05) is 13.8 Å². The Balaban J connectivity index is 4.92. The molecule has 0 aliphatic carbocycles. The first-order valence-electron chi connectivity index (χ1n) is 5.43. The van der Waals surface area contributed by atoms with Crippen molar-refractivity contribution in [3.05, 3.63) is 22.8 Å². The summed E-state index contributed by atoms with van der Waals surface area (Å²) in [5.74, 6) is -1.29. The summed E-state index contributed by atoms with van der Waals surface area (Å²) in [4.78, 5) is 22.9. The molecular weight excluding hydrogens is 220 g/mol. The van der Waals surface area contributed by atoms with Gasteiger partial charge in [0.05, 0.1) is 14.2 Å². The Morgan fingerprint density at radius 2 is 1.47 bits per heavy atom. The van der Waals surface area contributed by atoms with Crippen molar-refractivity contribution in [1.29, 1.82) is 0 Å². The second-order valence-corrected chi connectivity index (χ2v) is 3.96. The van der Waals surface area contributed by atoms with Gasteiger partial charge in [-0.15, -0.1) is 0 Å². The fraction of sp³-hybridized carbons (Fsp3) is 0.538. The Morgan fingerprint density at radius 1 is 1.00 bits per heavy atom. The molecule has 0 amide bonds. The first kappa shape index (κ1) is 15.4. The Bertz CT molecular complexity index is 328. The minimum atomic E-state index is -0.647. The average Bonchev–Trinajstić information content (AvgIpc) is 2.28. The molecule has 0 aliphatic rings. The van der Waals surface area contributed by atoms with E-state index >= 15 is 0 Å². The van der Waals surface area contributed by atoms with E-state index in [0.717, 1.165) is 6.42 Å². The highest BCUT2D eigenvalue weighted by Gasteiger charge is 2.22. The molecular formula is C13H20O4. The van der Waals surface area contributed by atoms with Gasteiger partial charge in [0.25, 0.3) is 0 Å². The zero-order chi connectivity index (χ0) is 13.4. The maximum absolute atomic E-state index is 11.5. The number of carbonyl (C=O) groups is 2. The molecule has 0 heterocycles. The van der Waals surface area contributed by atoms with Crippen LogP contribution in [0.3, 0.4) is 0 Å². The van der Waals surface area contributed by atoms with Crippen LogP contribution in [0.1, 0.15) is 33.6 Å². The van der Waals surface area contributed by atoms with E-state index in [9.17, 15) is 9.59 Å². The molecule has 4 nitrogen and oxygen atoms in total. The maximum Gasteiger partial charge on any atom is 0.345 e. The minimum Gasteiger partial charge on any atom is -0.465 e. The lowest BCUT2D eigenvalue weighted by Crippen LogP contribution is -2.17. The zero-order valence-electron chi connectivity index (χ0n) is 11.1. The van der Waals surface area contributed by atoms with Gasteiger partial charge in [-0.3, -0.25) is 0 Å². The van der Waals surface area contributed by atoms with Crippen molar-refractivity contribution < 1.29 is 19.1 Å². The van der Waals surface area contributed by atoms with Crippen LogP contribution in [0.2, 0.25) is 0 Å². The van der Waals surface area contributed by atoms with E-state index in [0.29, 0.717) is 12.0 Å². The van der Waals surface area contributed by atoms with Crippen molar-refractivity contribution in [2.75, 3.05) is 14.2 Å². The van der Waals surface area contributed by atoms with Gasteiger partial charge in [0, 0.05) is 0 Å². The van der Waals surface area contributed by atoms with Gasteiger partial charge in [-0.05, 0) is 33.6 Å². The van der Waals surface area contributed by atoms with Crippen LogP contribution in [-0.4, -0.2) is 26.2 Å². The SMILES string of the molecule is COC(=O)C(C(=O)OC)=C(C)CCC=C(C)C. The Kier molecular flexibility index (Phi) is 6.94. The van der Waals surface area contributed by atoms with Gasteiger partial charge in [0.15, 0.2) is 0 Å². The third kappa shape index (κ3) is 5.33. The molecule has 0 spiro atoms. The van der Waals surface area contributed by atoms with Crippen LogP contribution in [0, 0.1) is 0 Å². The summed E-state index contributed by atoms with van der Waals surface area (Å²) in [6.07, 6.45) is 3.46. The molecule has 17 heavy (non-hydrogen) atoms. The molecule has 0 saturated carbocycles. The molecule has 0 radical (unpaired) electrons. The highest BCUT2D eigenvalue weighted by molar-refractivity contribution is 6.14. The fourth-order valence-electron chi connectivity index (χ4n) is 1.34. The van der Waals surface area contributed by atoms with Crippen LogP contribution in [0.15, 0.2) is 22.8 Å². The van der Waals surface area contributed by atoms with Crippen LogP contribution >= 0.6 is 0 Å². The third-order valence-corrected chi connectivity index (χ3v) is 2.28. The standard InChI is InChI=1S/C13H20O4/c1-9(2)7-6-8-10(3)11(12(14)16-4)13(15)17-5/h7H,6,8H2,1-5H3. The Hall–Kier alpha value is -1.58. The molecule has 0 rings (SSSR count). The summed E-state index contributed by atoms with van der Waals surface area (Å²) < 4.78 is 9.14. The van der Waals surface area contributed by atoms with Gasteiger partial charge >= 0.3 is 11.9 Å². The summed E-state index contributed by atoms with van der Waals surface area (Å²) in [6.45, 7) is 5.74. The first-order valence-corrected chi connectivity index (χ1v) is 5.43. The highest BCUT2D eigenvalue weighted by Crippen LogP contribution is 2.14. The number of allylic oxidation sites excluding steroid dienone is 3. The number of carbonyl (C=O) groups excluding carboxylic acids is 2. The summed E-state index contributed by atoms with van der Waals surface area (Å²) >= 11 is 0. The number of hydrogen-bond donors (Lipinski definition) is 0. The van der Waals surface area contributed by atoms with Crippen LogP contribution in [0.5, 0.6) is 0 Å². The summed E-state index contributed by atoms with van der Waals surface area (Å²) in [5, 5.41) is 0. The predicted molar refractivity (Wildman–Crippen MR) is 65.4 cm³/mol. The fourth-order valence-corrected chi connectivity index (χ4v) is 1.34. The van der Waals surface area contributed by atoms with E-state index in [1.165, 1.54) is 19.8 Å². The molecule has 0 aromatic rings. The second kappa shape index (κ2) is 7.65. The topological polar surface area (TPSA) is 52.6 Å². The number of ether oxygens (including phenoxy) is 2. The molecule has 0 aromatic carbocycles. The smallest absolute Gasteiger partial charge is 0.345 e. The lowest BCUT2D eigenvalue weighted by Gasteiger charge is -2.07. The molecule has 0 bridgehead atoms. The van der Waals surface area contributed by atoms with E-state index in [1.54, 1.807) is 6.92 Å². The maximum atomic E-state index is 11.5. The minimum absolute atomic E-state index is 0.00263. The monoisotopic (exact) mass is 240 g/mol. The number of esters is 2. The van der Waals surface area contributed by atoms with Crippen LogP contribution in [-0.2, 0) is 19.1 Å². The van der Waals surface area contributed by atoms with Gasteiger partial charge < -0.3 is 9.47 Å². The van der Waals surface area contributed by atoms with Gasteiger partial charge in [0.1, 0.15) is 5.57 Å². The number of methoxy groups -OCH3 is 2. The second-order valence-electron chi connectivity index (χ2n) is 3.96. The van der Waals surface area contributed by atoms with E-state index in [-0.39, 0.29) is 5.57 Å². The van der Waals surface area contributed by atoms with E-state index in [2.05, 4.69) is 15.5 Å². The summed E-state index contributed by atoms with van der Waals surface area (Å²) in [5.41, 5.74) is 1.88. The molecule has 0 atom stereocenters. The molecule has 0 N–H and O–H groups in total. The van der Waals surface area contributed by atoms with Crippen molar-refractivity contribution in [3.8, 4) is 0 Å². The van der Waals surface area contributed by atoms with Gasteiger partial charge in [-0.25, -0.2) is 9.59 Å². The summed E-state index contributed by atoms with van der Waals surface area (Å²) in [7, 11) is 2.49. The molecule has 0 unspecified atom stereocenters. The molecule has 0 saturated heterocycles. The third-order valence-electron chi connectivity index (χ3n) is 2.28. The van der Waals surface area contributed by atoms with E-state index < -0.39 is 11.9 Å². The van der Waals surface area contributed by atoms with Gasteiger partial charge in [-0.1, -0.05) is 17.2 Å². The van der Waals surface area contributed by atoms with Crippen molar-refractivity contribution in [3.63, 3.8) is 0 Å². The van der Waals surface area contributed by atoms with Crippen molar-refractivity contribution in [2.24, 2.45) is 0 Å². The zero-order valence-corrected chi connectivity index (χ0v) is 11.1. The largest absolute Gasteiger partial charge is 0.465 e. The van der Waals surface area contributed by atoms with Crippen molar-refractivity contribution in [1.82, 2.24) is 0 Å². The molecule has 0 aliphatic heterocycles. The first-order chi connectivity index (χ1) is 7.93. The van der Waals surface area contributed by atoms with Crippen LogP contribution < -0.4 is 0 Å². The Morgan fingerprint density at radius 3 is 1.82 bits per heavy atom. The summed E-state index contributed by atoms with van der Waals surface area (Å²) in [6, 6.07) is 0. The quantitative estimate of drug-likeness (QED) is 0.243. The van der Waals surface area contributed by atoms with Crippen LogP contribution in [0.25, 0.3) is 0 Å². The Labute approximate surface area is 102 Å². The van der Waals surface area contributed by atoms with Crippen molar-refractivity contribution in [2.45, 2.75) is 33.6 Å². The average molecular weight is 240 g/mol. The predicted octanol–water partition coefficient (Wildman–Crippen LogP) is 2.40. The number of hydrogen-bond acceptors (Lipinski definition) is 4. The highest BCUT2D eigenvalue weighted by atomic mass is 16.5. The molecule has 0 aromatic heterocycles. The number of rotatable bonds is 5. The normalized spacial score (nSPS) is 9.24. The molecule has 0 fully saturated rings. The molecule has 96 valence electrons. The molecule has 4 heteroatoms. The lowest BCUT2D eigenvalue weighted by molar-refractivity contribution is -0.144. The van der Waals surface area contributed by atoms with Gasteiger partial charge in [0.2, 0.25) is 0 Å². The van der Waals surface area contributed by atoms with E-state index in [4.69, 9.17) is 0 Å². The lowest BCUT2D eigenvalue weighted by atomic mass is 10.0.